The lowest BCUT2D eigenvalue weighted by Gasteiger charge is -2.36. The highest BCUT2D eigenvalue weighted by Crippen LogP contribution is 2.23. The summed E-state index contributed by atoms with van der Waals surface area (Å²) in [7, 11) is 0. The van der Waals surface area contributed by atoms with E-state index in [1.54, 1.807) is 23.1 Å². The van der Waals surface area contributed by atoms with Crippen molar-refractivity contribution in [2.75, 3.05) is 37.6 Å². The van der Waals surface area contributed by atoms with E-state index in [1.807, 2.05) is 47.4 Å². The first-order chi connectivity index (χ1) is 15.6. The van der Waals surface area contributed by atoms with Gasteiger partial charge in [-0.3, -0.25) is 9.59 Å². The molecule has 3 aromatic carbocycles. The van der Waals surface area contributed by atoms with Crippen LogP contribution in [0.15, 0.2) is 60.7 Å². The minimum Gasteiger partial charge on any atom is -0.367 e. The summed E-state index contributed by atoms with van der Waals surface area (Å²) in [6.45, 7) is 2.27. The second-order valence-corrected chi connectivity index (χ2v) is 7.68. The monoisotopic (exact) mass is 430 g/mol. The van der Waals surface area contributed by atoms with Crippen molar-refractivity contribution in [3.63, 3.8) is 0 Å². The van der Waals surface area contributed by atoms with Crippen LogP contribution < -0.4 is 10.2 Å². The van der Waals surface area contributed by atoms with Crippen molar-refractivity contribution in [3.05, 3.63) is 77.6 Å². The Morgan fingerprint density at radius 3 is 2.47 bits per heavy atom. The van der Waals surface area contributed by atoms with Gasteiger partial charge in [-0.2, -0.15) is 5.26 Å². The van der Waals surface area contributed by atoms with Crippen LogP contribution in [0.4, 0.5) is 10.1 Å². The standard InChI is InChI=1S/C25H23FN4O2/c26-22-6-3-7-23(21(22)17-27)29-12-14-30(15-13-29)24(31)10-11-28-25(32)20-9-8-18-4-1-2-5-19(18)16-20/h1-9,16H,10-15H2,(H,28,32). The second-order valence-electron chi connectivity index (χ2n) is 7.68. The molecular formula is C25H23FN4O2. The average Bonchev–Trinajstić information content (AvgIpc) is 2.83. The lowest BCUT2D eigenvalue weighted by Crippen LogP contribution is -2.49. The molecule has 2 amide bonds. The van der Waals surface area contributed by atoms with Gasteiger partial charge in [0.15, 0.2) is 0 Å². The third-order valence-corrected chi connectivity index (χ3v) is 5.71. The first kappa shape index (κ1) is 21.3. The summed E-state index contributed by atoms with van der Waals surface area (Å²) < 4.78 is 13.9. The van der Waals surface area contributed by atoms with Gasteiger partial charge in [0.25, 0.3) is 5.91 Å². The fraction of sp³-hybridized carbons (Fsp3) is 0.240. The largest absolute Gasteiger partial charge is 0.367 e. The number of amides is 2. The summed E-state index contributed by atoms with van der Waals surface area (Å²) in [5, 5.41) is 14.1. The topological polar surface area (TPSA) is 76.4 Å². The van der Waals surface area contributed by atoms with Crippen LogP contribution in [0.2, 0.25) is 0 Å². The Balaban J connectivity index is 1.27. The van der Waals surface area contributed by atoms with Crippen LogP contribution in [0, 0.1) is 17.1 Å². The van der Waals surface area contributed by atoms with Gasteiger partial charge in [-0.05, 0) is 35.0 Å². The normalized spacial score (nSPS) is 13.6. The van der Waals surface area contributed by atoms with Crippen molar-refractivity contribution in [1.82, 2.24) is 10.2 Å². The van der Waals surface area contributed by atoms with Gasteiger partial charge in [-0.15, -0.1) is 0 Å². The molecule has 0 radical (unpaired) electrons. The summed E-state index contributed by atoms with van der Waals surface area (Å²) in [6.07, 6.45) is 0.211. The zero-order valence-electron chi connectivity index (χ0n) is 17.6. The van der Waals surface area contributed by atoms with Crippen molar-refractivity contribution >= 4 is 28.3 Å². The summed E-state index contributed by atoms with van der Waals surface area (Å²) in [4.78, 5) is 28.7. The number of halogens is 1. The molecule has 1 N–H and O–H groups in total. The van der Waals surface area contributed by atoms with Crippen molar-refractivity contribution in [2.45, 2.75) is 6.42 Å². The van der Waals surface area contributed by atoms with E-state index in [0.717, 1.165) is 10.8 Å². The van der Waals surface area contributed by atoms with Gasteiger partial charge in [0.1, 0.15) is 17.4 Å². The van der Waals surface area contributed by atoms with Crippen LogP contribution in [0.25, 0.3) is 10.8 Å². The molecule has 1 aliphatic heterocycles. The molecule has 0 atom stereocenters. The molecule has 0 aliphatic carbocycles. The molecule has 0 saturated carbocycles. The SMILES string of the molecule is N#Cc1c(F)cccc1N1CCN(C(=O)CCNC(=O)c2ccc3ccccc3c2)CC1. The molecule has 3 aromatic rings. The Kier molecular flexibility index (Phi) is 6.31. The minimum absolute atomic E-state index is 0.0312. The van der Waals surface area contributed by atoms with E-state index in [2.05, 4.69) is 5.32 Å². The highest BCUT2D eigenvalue weighted by Gasteiger charge is 2.23. The first-order valence-corrected chi connectivity index (χ1v) is 10.5. The fourth-order valence-corrected chi connectivity index (χ4v) is 3.96. The number of carbonyl (C=O) groups is 2. The Morgan fingerprint density at radius 1 is 0.969 bits per heavy atom. The van der Waals surface area contributed by atoms with Crippen LogP contribution in [0.5, 0.6) is 0 Å². The highest BCUT2D eigenvalue weighted by atomic mass is 19.1. The van der Waals surface area contributed by atoms with E-state index in [9.17, 15) is 19.2 Å². The van der Waals surface area contributed by atoms with Gasteiger partial charge >= 0.3 is 0 Å². The molecule has 0 bridgehead atoms. The molecule has 1 fully saturated rings. The lowest BCUT2D eigenvalue weighted by atomic mass is 10.1. The summed E-state index contributed by atoms with van der Waals surface area (Å²) in [6, 6.07) is 19.9. The van der Waals surface area contributed by atoms with E-state index in [1.165, 1.54) is 6.07 Å². The maximum atomic E-state index is 13.9. The number of piperazine rings is 1. The summed E-state index contributed by atoms with van der Waals surface area (Å²) in [5.74, 6) is -0.780. The Labute approximate surface area is 185 Å². The minimum atomic E-state index is -0.536. The number of hydrogen-bond acceptors (Lipinski definition) is 4. The van der Waals surface area contributed by atoms with Gasteiger partial charge in [0, 0.05) is 44.7 Å². The zero-order valence-corrected chi connectivity index (χ0v) is 17.6. The van der Waals surface area contributed by atoms with Gasteiger partial charge in [0.05, 0.1) is 5.69 Å². The van der Waals surface area contributed by atoms with E-state index in [-0.39, 0.29) is 30.3 Å². The van der Waals surface area contributed by atoms with E-state index < -0.39 is 5.82 Å². The molecule has 0 spiro atoms. The third kappa shape index (κ3) is 4.54. The lowest BCUT2D eigenvalue weighted by molar-refractivity contribution is -0.131. The molecule has 0 unspecified atom stereocenters. The van der Waals surface area contributed by atoms with E-state index >= 15 is 0 Å². The van der Waals surface area contributed by atoms with Crippen LogP contribution >= 0.6 is 0 Å². The van der Waals surface area contributed by atoms with Crippen LogP contribution in [0.1, 0.15) is 22.3 Å². The molecule has 162 valence electrons. The van der Waals surface area contributed by atoms with Gasteiger partial charge < -0.3 is 15.1 Å². The van der Waals surface area contributed by atoms with Crippen LogP contribution in [-0.2, 0) is 4.79 Å². The van der Waals surface area contributed by atoms with Crippen molar-refractivity contribution in [1.29, 1.82) is 5.26 Å². The molecule has 0 aromatic heterocycles. The summed E-state index contributed by atoms with van der Waals surface area (Å²) >= 11 is 0. The quantitative estimate of drug-likeness (QED) is 0.674. The number of rotatable bonds is 5. The number of nitrogens with zero attached hydrogens (tertiary/aromatic N) is 3. The molecule has 1 aliphatic rings. The second kappa shape index (κ2) is 9.48. The highest BCUT2D eigenvalue weighted by molar-refractivity contribution is 5.98. The Hall–Kier alpha value is -3.92. The zero-order chi connectivity index (χ0) is 22.5. The van der Waals surface area contributed by atoms with Crippen molar-refractivity contribution in [2.24, 2.45) is 0 Å². The number of nitrogens with one attached hydrogen (secondary N) is 1. The number of fused-ring (bicyclic) bond motifs is 1. The van der Waals surface area contributed by atoms with Crippen LogP contribution in [0.3, 0.4) is 0 Å². The maximum Gasteiger partial charge on any atom is 0.251 e. The average molecular weight is 430 g/mol. The molecule has 4 rings (SSSR count). The Morgan fingerprint density at radius 2 is 1.72 bits per heavy atom. The van der Waals surface area contributed by atoms with Crippen molar-refractivity contribution in [3.8, 4) is 6.07 Å². The maximum absolute atomic E-state index is 13.9. The molecular weight excluding hydrogens is 407 g/mol. The number of hydrogen-bond donors (Lipinski definition) is 1. The third-order valence-electron chi connectivity index (χ3n) is 5.71. The van der Waals surface area contributed by atoms with Crippen molar-refractivity contribution < 1.29 is 14.0 Å². The number of benzene rings is 3. The first-order valence-electron chi connectivity index (χ1n) is 10.5. The van der Waals surface area contributed by atoms with Gasteiger partial charge in [-0.1, -0.05) is 36.4 Å². The number of carbonyl (C=O) groups excluding carboxylic acids is 2. The number of anilines is 1. The summed E-state index contributed by atoms with van der Waals surface area (Å²) in [5.41, 5.74) is 1.15. The molecule has 6 nitrogen and oxygen atoms in total. The van der Waals surface area contributed by atoms with Crippen LogP contribution in [-0.4, -0.2) is 49.4 Å². The van der Waals surface area contributed by atoms with Gasteiger partial charge in [-0.25, -0.2) is 4.39 Å². The smallest absolute Gasteiger partial charge is 0.251 e. The van der Waals surface area contributed by atoms with E-state index in [0.29, 0.717) is 37.4 Å². The van der Waals surface area contributed by atoms with E-state index in [4.69, 9.17) is 0 Å². The molecule has 1 saturated heterocycles. The predicted octanol–water partition coefficient (Wildman–Crippen LogP) is 3.32. The van der Waals surface area contributed by atoms with Gasteiger partial charge in [0.2, 0.25) is 5.91 Å². The molecule has 1 heterocycles. The Bertz CT molecular complexity index is 1200. The predicted molar refractivity (Wildman–Crippen MR) is 121 cm³/mol. The molecule has 7 heteroatoms. The number of nitriles is 1. The molecule has 32 heavy (non-hydrogen) atoms. The fourth-order valence-electron chi connectivity index (χ4n) is 3.96.